The lowest BCUT2D eigenvalue weighted by Gasteiger charge is -2.30. The normalized spacial score (nSPS) is 17.2. The number of benzene rings is 1. The second kappa shape index (κ2) is 6.31. The largest absolute Gasteiger partial charge is 0.396 e. The number of nitrogens with two attached hydrogens (primary N) is 1. The molecule has 0 bridgehead atoms. The quantitative estimate of drug-likeness (QED) is 0.906. The van der Waals surface area contributed by atoms with E-state index in [4.69, 9.17) is 5.73 Å². The third kappa shape index (κ3) is 3.27. The van der Waals surface area contributed by atoms with Gasteiger partial charge in [-0.3, -0.25) is 4.98 Å². The summed E-state index contributed by atoms with van der Waals surface area (Å²) in [5.74, 6) is 0.883. The third-order valence-corrected chi connectivity index (χ3v) is 4.41. The van der Waals surface area contributed by atoms with Crippen molar-refractivity contribution in [1.82, 2.24) is 9.88 Å². The van der Waals surface area contributed by atoms with Crippen LogP contribution in [0, 0.1) is 5.92 Å². The van der Waals surface area contributed by atoms with Crippen molar-refractivity contribution in [3.05, 3.63) is 30.5 Å². The van der Waals surface area contributed by atoms with Crippen LogP contribution in [0.3, 0.4) is 0 Å². The van der Waals surface area contributed by atoms with Gasteiger partial charge in [0.25, 0.3) is 0 Å². The first-order valence-corrected chi connectivity index (χ1v) is 7.83. The number of hydrogen-bond acceptors (Lipinski definition) is 4. The number of nitrogens with zero attached hydrogens (tertiary/aromatic N) is 2. The summed E-state index contributed by atoms with van der Waals surface area (Å²) in [5, 5.41) is 4.61. The molecular formula is C17H24N4. The Morgan fingerprint density at radius 2 is 2.05 bits per heavy atom. The molecule has 4 nitrogen and oxygen atoms in total. The number of rotatable bonds is 4. The van der Waals surface area contributed by atoms with Crippen LogP contribution in [-0.4, -0.2) is 36.1 Å². The van der Waals surface area contributed by atoms with E-state index in [-0.39, 0.29) is 0 Å². The van der Waals surface area contributed by atoms with Gasteiger partial charge >= 0.3 is 0 Å². The zero-order valence-electron chi connectivity index (χ0n) is 12.7. The van der Waals surface area contributed by atoms with E-state index < -0.39 is 0 Å². The van der Waals surface area contributed by atoms with Crippen LogP contribution in [0.4, 0.5) is 11.4 Å². The fraction of sp³-hybridized carbons (Fsp3) is 0.471. The first-order valence-electron chi connectivity index (χ1n) is 7.83. The van der Waals surface area contributed by atoms with Crippen molar-refractivity contribution >= 4 is 22.3 Å². The van der Waals surface area contributed by atoms with Gasteiger partial charge in [0.15, 0.2) is 0 Å². The summed E-state index contributed by atoms with van der Waals surface area (Å²) in [5.41, 5.74) is 8.82. The molecule has 0 amide bonds. The molecule has 1 aliphatic heterocycles. The lowest BCUT2D eigenvalue weighted by Crippen LogP contribution is -2.36. The maximum absolute atomic E-state index is 6.09. The number of nitrogens with one attached hydrogen (secondary N) is 1. The number of aromatic nitrogens is 1. The van der Waals surface area contributed by atoms with Gasteiger partial charge in [0.2, 0.25) is 0 Å². The predicted molar refractivity (Wildman–Crippen MR) is 89.5 cm³/mol. The average Bonchev–Trinajstić information content (AvgIpc) is 2.51. The molecule has 1 saturated heterocycles. The van der Waals surface area contributed by atoms with Crippen molar-refractivity contribution < 1.29 is 0 Å². The van der Waals surface area contributed by atoms with E-state index in [1.165, 1.54) is 25.9 Å². The minimum atomic E-state index is 0.723. The van der Waals surface area contributed by atoms with Crippen molar-refractivity contribution in [2.75, 3.05) is 37.2 Å². The van der Waals surface area contributed by atoms with Crippen molar-refractivity contribution in [1.29, 1.82) is 0 Å². The summed E-state index contributed by atoms with van der Waals surface area (Å²) in [4.78, 5) is 6.91. The molecule has 0 unspecified atom stereocenters. The number of anilines is 2. The molecule has 0 spiro atoms. The Bertz CT molecular complexity index is 603. The van der Waals surface area contributed by atoms with Crippen LogP contribution in [0.2, 0.25) is 0 Å². The van der Waals surface area contributed by atoms with Gasteiger partial charge in [-0.1, -0.05) is 25.1 Å². The SMILES string of the molecule is CC1CCN(CCNc2c(N)cnc3ccccc23)CC1. The number of likely N-dealkylation sites (tertiary alicyclic amines) is 1. The van der Waals surface area contributed by atoms with Crippen LogP contribution < -0.4 is 11.1 Å². The summed E-state index contributed by atoms with van der Waals surface area (Å²) in [7, 11) is 0. The Morgan fingerprint density at radius 3 is 2.86 bits per heavy atom. The van der Waals surface area contributed by atoms with Crippen molar-refractivity contribution in [3.63, 3.8) is 0 Å². The standard InChI is InChI=1S/C17H24N4/c1-13-6-9-21(10-7-13)11-8-19-17-14-4-2-3-5-16(14)20-12-15(17)18/h2-5,12-13H,6-11,18H2,1H3,(H,19,20). The van der Waals surface area contributed by atoms with E-state index in [2.05, 4.69) is 28.2 Å². The van der Waals surface area contributed by atoms with Crippen molar-refractivity contribution in [2.45, 2.75) is 19.8 Å². The molecule has 4 heteroatoms. The van der Waals surface area contributed by atoms with Gasteiger partial charge in [0.1, 0.15) is 0 Å². The highest BCUT2D eigenvalue weighted by atomic mass is 15.1. The number of para-hydroxylation sites is 1. The molecule has 112 valence electrons. The highest BCUT2D eigenvalue weighted by molar-refractivity contribution is 5.96. The van der Waals surface area contributed by atoms with E-state index in [1.807, 2.05) is 18.2 Å². The van der Waals surface area contributed by atoms with Gasteiger partial charge in [-0.05, 0) is 37.9 Å². The molecule has 0 aliphatic carbocycles. The Labute approximate surface area is 126 Å². The molecule has 2 aromatic rings. The molecule has 21 heavy (non-hydrogen) atoms. The number of pyridine rings is 1. The molecular weight excluding hydrogens is 260 g/mol. The third-order valence-electron chi connectivity index (χ3n) is 4.41. The molecule has 0 saturated carbocycles. The second-order valence-corrected chi connectivity index (χ2v) is 6.06. The van der Waals surface area contributed by atoms with E-state index in [1.54, 1.807) is 6.20 Å². The lowest BCUT2D eigenvalue weighted by molar-refractivity contribution is 0.199. The maximum Gasteiger partial charge on any atom is 0.0743 e. The molecule has 1 aromatic heterocycles. The summed E-state index contributed by atoms with van der Waals surface area (Å²) in [6.45, 7) is 6.78. The lowest BCUT2D eigenvalue weighted by atomic mass is 9.99. The van der Waals surface area contributed by atoms with Gasteiger partial charge in [-0.15, -0.1) is 0 Å². The van der Waals surface area contributed by atoms with Gasteiger partial charge < -0.3 is 16.0 Å². The number of hydrogen-bond donors (Lipinski definition) is 2. The van der Waals surface area contributed by atoms with Gasteiger partial charge in [0, 0.05) is 18.5 Å². The molecule has 1 aromatic carbocycles. The molecule has 2 heterocycles. The van der Waals surface area contributed by atoms with E-state index in [0.29, 0.717) is 0 Å². The van der Waals surface area contributed by atoms with Gasteiger partial charge in [0.05, 0.1) is 23.1 Å². The van der Waals surface area contributed by atoms with E-state index in [0.717, 1.165) is 41.3 Å². The van der Waals surface area contributed by atoms with Crippen LogP contribution in [0.25, 0.3) is 10.9 Å². The van der Waals surface area contributed by atoms with Crippen LogP contribution in [0.15, 0.2) is 30.5 Å². The fourth-order valence-electron chi connectivity index (χ4n) is 2.98. The van der Waals surface area contributed by atoms with Gasteiger partial charge in [-0.2, -0.15) is 0 Å². The van der Waals surface area contributed by atoms with E-state index >= 15 is 0 Å². The number of piperidine rings is 1. The van der Waals surface area contributed by atoms with Gasteiger partial charge in [-0.25, -0.2) is 0 Å². The molecule has 1 aliphatic rings. The van der Waals surface area contributed by atoms with Crippen LogP contribution in [0.5, 0.6) is 0 Å². The number of fused-ring (bicyclic) bond motifs is 1. The second-order valence-electron chi connectivity index (χ2n) is 6.06. The van der Waals surface area contributed by atoms with Crippen molar-refractivity contribution in [2.24, 2.45) is 5.92 Å². The topological polar surface area (TPSA) is 54.2 Å². The Morgan fingerprint density at radius 1 is 1.29 bits per heavy atom. The summed E-state index contributed by atoms with van der Waals surface area (Å²) >= 11 is 0. The van der Waals surface area contributed by atoms with Crippen LogP contribution in [0.1, 0.15) is 19.8 Å². The smallest absolute Gasteiger partial charge is 0.0743 e. The summed E-state index contributed by atoms with van der Waals surface area (Å²) in [6, 6.07) is 8.13. The number of nitrogen functional groups attached to an aromatic ring is 1. The molecule has 3 rings (SSSR count). The Hall–Kier alpha value is -1.81. The molecule has 0 radical (unpaired) electrons. The zero-order valence-corrected chi connectivity index (χ0v) is 12.7. The van der Waals surface area contributed by atoms with Crippen LogP contribution >= 0.6 is 0 Å². The van der Waals surface area contributed by atoms with E-state index in [9.17, 15) is 0 Å². The highest BCUT2D eigenvalue weighted by Crippen LogP contribution is 2.27. The fourth-order valence-corrected chi connectivity index (χ4v) is 2.98. The minimum absolute atomic E-state index is 0.723. The van der Waals surface area contributed by atoms with Crippen molar-refractivity contribution in [3.8, 4) is 0 Å². The first kappa shape index (κ1) is 14.1. The molecule has 3 N–H and O–H groups in total. The Balaban J connectivity index is 1.64. The maximum atomic E-state index is 6.09. The first-order chi connectivity index (χ1) is 10.2. The zero-order chi connectivity index (χ0) is 14.7. The summed E-state index contributed by atoms with van der Waals surface area (Å²) < 4.78 is 0. The summed E-state index contributed by atoms with van der Waals surface area (Å²) in [6.07, 6.45) is 4.38. The van der Waals surface area contributed by atoms with Crippen LogP contribution in [-0.2, 0) is 0 Å². The predicted octanol–water partition coefficient (Wildman–Crippen LogP) is 2.96. The Kier molecular flexibility index (Phi) is 4.25. The average molecular weight is 284 g/mol. The minimum Gasteiger partial charge on any atom is -0.396 e. The highest BCUT2D eigenvalue weighted by Gasteiger charge is 2.15. The monoisotopic (exact) mass is 284 g/mol. The molecule has 1 fully saturated rings. The molecule has 0 atom stereocenters.